The monoisotopic (exact) mass is 450 g/mol. The van der Waals surface area contributed by atoms with Crippen LogP contribution in [-0.2, 0) is 0 Å². The van der Waals surface area contributed by atoms with Crippen LogP contribution in [0.2, 0.25) is 0 Å². The molecule has 4 aromatic rings. The zero-order valence-electron chi connectivity index (χ0n) is 17.4. The van der Waals surface area contributed by atoms with Crippen LogP contribution < -0.4 is 10.3 Å². The van der Waals surface area contributed by atoms with Crippen LogP contribution >= 0.6 is 11.3 Å². The molecule has 0 bridgehead atoms. The van der Waals surface area contributed by atoms with E-state index in [2.05, 4.69) is 20.3 Å². The number of nitro benzene ring substituents is 1. The number of nitrogens with zero attached hydrogens (tertiary/aromatic N) is 5. The molecule has 0 saturated carbocycles. The van der Waals surface area contributed by atoms with E-state index in [0.717, 1.165) is 16.2 Å². The Hall–Kier alpha value is -4.12. The highest BCUT2D eigenvalue weighted by atomic mass is 32.1. The van der Waals surface area contributed by atoms with Gasteiger partial charge in [-0.2, -0.15) is 4.68 Å². The Kier molecular flexibility index (Phi) is 5.65. The Morgan fingerprint density at radius 3 is 2.59 bits per heavy atom. The first-order valence-corrected chi connectivity index (χ1v) is 10.3. The van der Waals surface area contributed by atoms with Crippen molar-refractivity contribution in [1.82, 2.24) is 14.8 Å². The van der Waals surface area contributed by atoms with E-state index in [0.29, 0.717) is 22.1 Å². The minimum atomic E-state index is -0.504. The first kappa shape index (κ1) is 21.1. The summed E-state index contributed by atoms with van der Waals surface area (Å²) in [5.74, 6) is 0.753. The number of aromatic nitrogens is 3. The molecule has 4 rings (SSSR count). The summed E-state index contributed by atoms with van der Waals surface area (Å²) in [6.07, 6.45) is 1.69. The van der Waals surface area contributed by atoms with Gasteiger partial charge in [-0.05, 0) is 49.2 Å². The normalized spacial score (nSPS) is 11.2. The zero-order valence-corrected chi connectivity index (χ0v) is 18.2. The van der Waals surface area contributed by atoms with Crippen LogP contribution in [0.5, 0.6) is 5.75 Å². The van der Waals surface area contributed by atoms with Crippen molar-refractivity contribution in [3.63, 3.8) is 0 Å². The van der Waals surface area contributed by atoms with Gasteiger partial charge < -0.3 is 4.74 Å². The highest BCUT2D eigenvalue weighted by Gasteiger charge is 2.16. The second kappa shape index (κ2) is 8.55. The lowest BCUT2D eigenvalue weighted by Crippen LogP contribution is -2.13. The van der Waals surface area contributed by atoms with Crippen molar-refractivity contribution in [3.8, 4) is 21.3 Å². The van der Waals surface area contributed by atoms with Gasteiger partial charge in [0, 0.05) is 18.3 Å². The number of H-pyrrole nitrogens is 1. The number of nitrogens with one attached hydrogen (secondary N) is 1. The molecule has 11 heteroatoms. The smallest absolute Gasteiger partial charge is 0.301 e. The number of hydrogen-bond acceptors (Lipinski definition) is 8. The predicted molar refractivity (Wildman–Crippen MR) is 121 cm³/mol. The Labute approximate surface area is 186 Å². The molecule has 0 atom stereocenters. The van der Waals surface area contributed by atoms with Crippen LogP contribution in [0.15, 0.2) is 63.7 Å². The van der Waals surface area contributed by atoms with E-state index in [-0.39, 0.29) is 11.4 Å². The predicted octanol–water partition coefficient (Wildman–Crippen LogP) is 5.24. The topological polar surface area (TPSA) is 128 Å². The molecule has 0 radical (unpaired) electrons. The average molecular weight is 450 g/mol. The van der Waals surface area contributed by atoms with Crippen molar-refractivity contribution in [3.05, 3.63) is 80.4 Å². The second-order valence-electron chi connectivity index (χ2n) is 6.89. The maximum Gasteiger partial charge on any atom is 0.301 e. The molecule has 0 aliphatic rings. The number of non-ortho nitro benzene ring substituents is 1. The van der Waals surface area contributed by atoms with Crippen LogP contribution in [0.25, 0.3) is 15.6 Å². The average Bonchev–Trinajstić information content (AvgIpc) is 3.38. The van der Waals surface area contributed by atoms with Crippen molar-refractivity contribution in [2.75, 3.05) is 7.11 Å². The number of aromatic amines is 1. The lowest BCUT2D eigenvalue weighted by atomic mass is 10.2. The fraction of sp³-hybridized carbons (Fsp3) is 0.143. The number of azo groups is 1. The lowest BCUT2D eigenvalue weighted by molar-refractivity contribution is -0.384. The maximum absolute atomic E-state index is 12.9. The van der Waals surface area contributed by atoms with E-state index in [1.54, 1.807) is 33.2 Å². The van der Waals surface area contributed by atoms with Gasteiger partial charge in [-0.3, -0.25) is 20.0 Å². The number of aryl methyl sites for hydroxylation is 2. The molecule has 2 aromatic carbocycles. The molecule has 10 nitrogen and oxygen atoms in total. The summed E-state index contributed by atoms with van der Waals surface area (Å²) < 4.78 is 6.48. The molecule has 2 heterocycles. The molecule has 0 unspecified atom stereocenters. The molecule has 0 saturated heterocycles. The lowest BCUT2D eigenvalue weighted by Gasteiger charge is -2.00. The highest BCUT2D eigenvalue weighted by molar-refractivity contribution is 7.17. The van der Waals surface area contributed by atoms with Crippen molar-refractivity contribution in [2.24, 2.45) is 10.2 Å². The highest BCUT2D eigenvalue weighted by Crippen LogP contribution is 2.30. The molecular weight excluding hydrogens is 432 g/mol. The first-order valence-electron chi connectivity index (χ1n) is 9.46. The van der Waals surface area contributed by atoms with Crippen LogP contribution in [0, 0.1) is 24.0 Å². The molecule has 0 amide bonds. The maximum atomic E-state index is 12.9. The zero-order chi connectivity index (χ0) is 22.8. The van der Waals surface area contributed by atoms with Gasteiger partial charge in [0.2, 0.25) is 5.13 Å². The summed E-state index contributed by atoms with van der Waals surface area (Å²) in [5, 5.41) is 22.6. The van der Waals surface area contributed by atoms with E-state index < -0.39 is 10.5 Å². The Morgan fingerprint density at radius 1 is 1.16 bits per heavy atom. The van der Waals surface area contributed by atoms with E-state index in [1.807, 2.05) is 24.3 Å². The van der Waals surface area contributed by atoms with Crippen molar-refractivity contribution in [2.45, 2.75) is 13.8 Å². The van der Waals surface area contributed by atoms with Gasteiger partial charge in [0.25, 0.3) is 5.69 Å². The molecule has 0 aliphatic carbocycles. The van der Waals surface area contributed by atoms with E-state index in [1.165, 1.54) is 28.2 Å². The molecule has 2 aromatic heterocycles. The van der Waals surface area contributed by atoms with Crippen LogP contribution in [0.3, 0.4) is 0 Å². The van der Waals surface area contributed by atoms with Gasteiger partial charge in [-0.15, -0.1) is 10.2 Å². The minimum absolute atomic E-state index is 0.0957. The van der Waals surface area contributed by atoms with Gasteiger partial charge >= 0.3 is 5.56 Å². The molecule has 0 spiro atoms. The SMILES string of the molecule is COc1ccc(-c2cnc(-n3[nH]c(C)c(N=Nc4cc([N+](=O)[O-])ccc4C)c3=O)s2)cc1. The number of methoxy groups -OCH3 is 1. The molecule has 32 heavy (non-hydrogen) atoms. The van der Waals surface area contributed by atoms with E-state index >= 15 is 0 Å². The summed E-state index contributed by atoms with van der Waals surface area (Å²) in [7, 11) is 1.61. The minimum Gasteiger partial charge on any atom is -0.497 e. The summed E-state index contributed by atoms with van der Waals surface area (Å²) >= 11 is 1.34. The number of ether oxygens (including phenoxy) is 1. The van der Waals surface area contributed by atoms with Gasteiger partial charge in [-0.25, -0.2) is 4.98 Å². The Bertz CT molecular complexity index is 1380. The molecule has 0 fully saturated rings. The third-order valence-electron chi connectivity index (χ3n) is 4.76. The molecular formula is C21H18N6O4S. The van der Waals surface area contributed by atoms with Crippen LogP contribution in [0.4, 0.5) is 17.1 Å². The molecule has 0 aliphatic heterocycles. The largest absolute Gasteiger partial charge is 0.497 e. The standard InChI is InChI=1S/C21H18N6O4S/c1-12-4-7-15(27(29)30)10-17(12)23-24-19-13(2)25-26(20(19)28)21-22-11-18(32-21)14-5-8-16(31-3)9-6-14/h4-11,25H,1-3H3. The van der Waals surface area contributed by atoms with Gasteiger partial charge in [0.1, 0.15) is 5.75 Å². The molecule has 162 valence electrons. The summed E-state index contributed by atoms with van der Waals surface area (Å²) in [5.41, 5.74) is 2.08. The number of nitro groups is 1. The Morgan fingerprint density at radius 2 is 1.91 bits per heavy atom. The van der Waals surface area contributed by atoms with Crippen molar-refractivity contribution >= 4 is 28.4 Å². The number of thiazole rings is 1. The second-order valence-corrected chi connectivity index (χ2v) is 7.90. The van der Waals surface area contributed by atoms with E-state index in [9.17, 15) is 14.9 Å². The molecule has 1 N–H and O–H groups in total. The number of benzene rings is 2. The van der Waals surface area contributed by atoms with E-state index in [4.69, 9.17) is 4.74 Å². The third kappa shape index (κ3) is 4.05. The van der Waals surface area contributed by atoms with Crippen LogP contribution in [0.1, 0.15) is 11.3 Å². The first-order chi connectivity index (χ1) is 15.4. The Balaban J connectivity index is 1.65. The van der Waals surface area contributed by atoms with Crippen molar-refractivity contribution in [1.29, 1.82) is 0 Å². The van der Waals surface area contributed by atoms with Crippen molar-refractivity contribution < 1.29 is 9.66 Å². The summed E-state index contributed by atoms with van der Waals surface area (Å²) in [4.78, 5) is 28.7. The van der Waals surface area contributed by atoms with Gasteiger partial charge in [0.05, 0.1) is 28.3 Å². The summed E-state index contributed by atoms with van der Waals surface area (Å²) in [6, 6.07) is 11.8. The quantitative estimate of drug-likeness (QED) is 0.244. The number of rotatable bonds is 6. The fourth-order valence-corrected chi connectivity index (χ4v) is 3.85. The third-order valence-corrected chi connectivity index (χ3v) is 5.79. The summed E-state index contributed by atoms with van der Waals surface area (Å²) in [6.45, 7) is 3.46. The van der Waals surface area contributed by atoms with Gasteiger partial charge in [0.15, 0.2) is 5.69 Å². The fourth-order valence-electron chi connectivity index (χ4n) is 2.97. The van der Waals surface area contributed by atoms with Gasteiger partial charge in [-0.1, -0.05) is 17.4 Å². The van der Waals surface area contributed by atoms with Crippen LogP contribution in [-0.4, -0.2) is 26.8 Å². The number of hydrogen-bond donors (Lipinski definition) is 1.